The molecule has 16 heavy (non-hydrogen) atoms. The average Bonchev–Trinajstić information content (AvgIpc) is 2.16. The number of ether oxygens (including phenoxy) is 1. The van der Waals surface area contributed by atoms with Gasteiger partial charge in [0.15, 0.2) is 14.9 Å². The Balaban J connectivity index is 3.35. The minimum Gasteiger partial charge on any atom is -0.462 e. The van der Waals surface area contributed by atoms with Crippen LogP contribution in [0, 0.1) is 0 Å². The van der Waals surface area contributed by atoms with Gasteiger partial charge in [-0.25, -0.2) is 23.2 Å². The van der Waals surface area contributed by atoms with Crippen molar-refractivity contribution < 1.29 is 17.9 Å². The lowest BCUT2D eigenvalue weighted by Gasteiger charge is -2.05. The van der Waals surface area contributed by atoms with Crippen molar-refractivity contribution in [2.24, 2.45) is 0 Å². The zero-order valence-corrected chi connectivity index (χ0v) is 10.2. The van der Waals surface area contributed by atoms with Crippen molar-refractivity contribution in [1.82, 2.24) is 9.97 Å². The molecular formula is C8H9ClN2O4S. The molecule has 0 amide bonds. The summed E-state index contributed by atoms with van der Waals surface area (Å²) in [4.78, 5) is 18.5. The lowest BCUT2D eigenvalue weighted by atomic mass is 10.3. The lowest BCUT2D eigenvalue weighted by Crippen LogP contribution is -2.14. The van der Waals surface area contributed by atoms with Gasteiger partial charge in [0.25, 0.3) is 0 Å². The molecule has 0 aliphatic carbocycles. The van der Waals surface area contributed by atoms with E-state index in [2.05, 4.69) is 14.7 Å². The zero-order valence-electron chi connectivity index (χ0n) is 8.60. The van der Waals surface area contributed by atoms with Gasteiger partial charge in [0.2, 0.25) is 5.28 Å². The Hall–Kier alpha value is -1.21. The van der Waals surface area contributed by atoms with Crippen LogP contribution in [0.15, 0.2) is 11.2 Å². The maximum atomic E-state index is 11.4. The van der Waals surface area contributed by atoms with Gasteiger partial charge in [0.1, 0.15) is 5.56 Å². The van der Waals surface area contributed by atoms with E-state index >= 15 is 0 Å². The Morgan fingerprint density at radius 3 is 2.69 bits per heavy atom. The molecule has 0 aliphatic heterocycles. The molecule has 0 radical (unpaired) electrons. The van der Waals surface area contributed by atoms with Crippen LogP contribution in [-0.2, 0) is 14.6 Å². The number of esters is 1. The first kappa shape index (κ1) is 12.9. The van der Waals surface area contributed by atoms with E-state index in [4.69, 9.17) is 11.6 Å². The number of carbonyl (C=O) groups excluding carboxylic acids is 1. The molecule has 0 unspecified atom stereocenters. The van der Waals surface area contributed by atoms with Crippen LogP contribution in [0.4, 0.5) is 0 Å². The van der Waals surface area contributed by atoms with Crippen molar-refractivity contribution >= 4 is 27.4 Å². The molecule has 6 nitrogen and oxygen atoms in total. The summed E-state index contributed by atoms with van der Waals surface area (Å²) < 4.78 is 27.4. The van der Waals surface area contributed by atoms with E-state index < -0.39 is 20.8 Å². The van der Waals surface area contributed by atoms with Gasteiger partial charge in [-0.05, 0) is 18.5 Å². The Kier molecular flexibility index (Phi) is 3.82. The lowest BCUT2D eigenvalue weighted by molar-refractivity contribution is 0.0520. The minimum absolute atomic E-state index is 0.130. The van der Waals surface area contributed by atoms with E-state index in [1.54, 1.807) is 6.92 Å². The summed E-state index contributed by atoms with van der Waals surface area (Å²) >= 11 is 5.47. The number of sulfone groups is 1. The summed E-state index contributed by atoms with van der Waals surface area (Å²) in [6, 6.07) is 0. The maximum Gasteiger partial charge on any atom is 0.342 e. The molecule has 88 valence electrons. The molecule has 0 fully saturated rings. The predicted molar refractivity (Wildman–Crippen MR) is 56.1 cm³/mol. The zero-order chi connectivity index (χ0) is 12.3. The Morgan fingerprint density at radius 2 is 2.19 bits per heavy atom. The third-order valence-electron chi connectivity index (χ3n) is 1.57. The number of rotatable bonds is 3. The standard InChI is InChI=1S/C8H9ClN2O4S/c1-3-15-7(12)5-4-10-8(9)11-6(5)16(2,13)14/h4H,3H2,1-2H3. The fraction of sp³-hybridized carbons (Fsp3) is 0.375. The SMILES string of the molecule is CCOC(=O)c1cnc(Cl)nc1S(C)(=O)=O. The van der Waals surface area contributed by atoms with E-state index in [0.717, 1.165) is 12.5 Å². The highest BCUT2D eigenvalue weighted by atomic mass is 35.5. The van der Waals surface area contributed by atoms with Gasteiger partial charge < -0.3 is 4.74 Å². The second-order valence-corrected chi connectivity index (χ2v) is 5.12. The molecule has 0 bridgehead atoms. The number of halogens is 1. The van der Waals surface area contributed by atoms with Crippen LogP contribution in [0.1, 0.15) is 17.3 Å². The fourth-order valence-electron chi connectivity index (χ4n) is 0.977. The summed E-state index contributed by atoms with van der Waals surface area (Å²) in [6.45, 7) is 1.74. The second kappa shape index (κ2) is 4.75. The van der Waals surface area contributed by atoms with Crippen molar-refractivity contribution in [3.05, 3.63) is 17.0 Å². The van der Waals surface area contributed by atoms with Crippen LogP contribution in [0.2, 0.25) is 5.28 Å². The number of aromatic nitrogens is 2. The van der Waals surface area contributed by atoms with E-state index in [9.17, 15) is 13.2 Å². The monoisotopic (exact) mass is 264 g/mol. The highest BCUT2D eigenvalue weighted by Crippen LogP contribution is 2.15. The minimum atomic E-state index is -3.66. The number of carbonyl (C=O) groups is 1. The van der Waals surface area contributed by atoms with E-state index in [0.29, 0.717) is 0 Å². The van der Waals surface area contributed by atoms with Crippen LogP contribution >= 0.6 is 11.6 Å². The molecule has 0 spiro atoms. The van der Waals surface area contributed by atoms with Crippen LogP contribution in [0.3, 0.4) is 0 Å². The summed E-state index contributed by atoms with van der Waals surface area (Å²) in [5.41, 5.74) is -0.214. The molecule has 0 saturated heterocycles. The molecule has 0 atom stereocenters. The smallest absolute Gasteiger partial charge is 0.342 e. The van der Waals surface area contributed by atoms with Crippen molar-refractivity contribution in [2.75, 3.05) is 12.9 Å². The fourth-order valence-corrected chi connectivity index (χ4v) is 1.95. The Labute approximate surface area is 97.5 Å². The number of hydrogen-bond acceptors (Lipinski definition) is 6. The normalized spacial score (nSPS) is 11.2. The van der Waals surface area contributed by atoms with Crippen LogP contribution in [-0.4, -0.2) is 37.2 Å². The van der Waals surface area contributed by atoms with Crippen molar-refractivity contribution in [2.45, 2.75) is 11.9 Å². The summed E-state index contributed by atoms with van der Waals surface area (Å²) in [6.07, 6.45) is 1.96. The van der Waals surface area contributed by atoms with Crippen molar-refractivity contribution in [3.8, 4) is 0 Å². The molecule has 0 aliphatic rings. The topological polar surface area (TPSA) is 86.2 Å². The van der Waals surface area contributed by atoms with Gasteiger partial charge in [-0.1, -0.05) is 0 Å². The van der Waals surface area contributed by atoms with E-state index in [1.165, 1.54) is 0 Å². The Morgan fingerprint density at radius 1 is 1.56 bits per heavy atom. The second-order valence-electron chi connectivity index (χ2n) is 2.85. The van der Waals surface area contributed by atoms with Gasteiger partial charge in [0, 0.05) is 12.5 Å². The molecule has 1 rings (SSSR count). The van der Waals surface area contributed by atoms with Gasteiger partial charge >= 0.3 is 5.97 Å². The van der Waals surface area contributed by atoms with Gasteiger partial charge in [-0.2, -0.15) is 0 Å². The molecule has 0 N–H and O–H groups in total. The van der Waals surface area contributed by atoms with Gasteiger partial charge in [0.05, 0.1) is 6.61 Å². The summed E-state index contributed by atoms with van der Waals surface area (Å²) in [5, 5.41) is -0.667. The van der Waals surface area contributed by atoms with Crippen LogP contribution in [0.25, 0.3) is 0 Å². The number of hydrogen-bond donors (Lipinski definition) is 0. The molecular weight excluding hydrogens is 256 g/mol. The third-order valence-corrected chi connectivity index (χ3v) is 2.77. The molecule has 1 aromatic heterocycles. The summed E-state index contributed by atoms with van der Waals surface area (Å²) in [7, 11) is -3.66. The number of nitrogens with zero attached hydrogens (tertiary/aromatic N) is 2. The van der Waals surface area contributed by atoms with Gasteiger partial charge in [-0.15, -0.1) is 0 Å². The molecule has 0 saturated carbocycles. The van der Waals surface area contributed by atoms with Gasteiger partial charge in [-0.3, -0.25) is 0 Å². The maximum absolute atomic E-state index is 11.4. The quantitative estimate of drug-likeness (QED) is 0.454. The highest BCUT2D eigenvalue weighted by Gasteiger charge is 2.22. The van der Waals surface area contributed by atoms with E-state index in [-0.39, 0.29) is 17.5 Å². The largest absolute Gasteiger partial charge is 0.462 e. The van der Waals surface area contributed by atoms with Crippen LogP contribution < -0.4 is 0 Å². The molecule has 1 heterocycles. The molecule has 1 aromatic rings. The van der Waals surface area contributed by atoms with E-state index in [1.807, 2.05) is 0 Å². The first-order chi connectivity index (χ1) is 7.36. The van der Waals surface area contributed by atoms with Crippen LogP contribution in [0.5, 0.6) is 0 Å². The first-order valence-corrected chi connectivity index (χ1v) is 6.53. The molecule has 8 heteroatoms. The highest BCUT2D eigenvalue weighted by molar-refractivity contribution is 7.90. The third kappa shape index (κ3) is 2.89. The van der Waals surface area contributed by atoms with Crippen molar-refractivity contribution in [1.29, 1.82) is 0 Å². The summed E-state index contributed by atoms with van der Waals surface area (Å²) in [5.74, 6) is -0.792. The predicted octanol–water partition coefficient (Wildman–Crippen LogP) is 0.710. The Bertz CT molecular complexity index is 515. The molecule has 0 aromatic carbocycles. The first-order valence-electron chi connectivity index (χ1n) is 4.26. The van der Waals surface area contributed by atoms with Crippen molar-refractivity contribution in [3.63, 3.8) is 0 Å². The average molecular weight is 265 g/mol.